The molecule has 1 aromatic heterocycles. The van der Waals surface area contributed by atoms with Crippen LogP contribution in [-0.2, 0) is 19.4 Å². The molecule has 4 heteroatoms. The lowest BCUT2D eigenvalue weighted by Crippen LogP contribution is -2.16. The molecule has 104 valence electrons. The predicted molar refractivity (Wildman–Crippen MR) is 76.6 cm³/mol. The molecule has 0 bridgehead atoms. The summed E-state index contributed by atoms with van der Waals surface area (Å²) in [5.74, 6) is 0.558. The van der Waals surface area contributed by atoms with Crippen molar-refractivity contribution in [2.45, 2.75) is 26.4 Å². The van der Waals surface area contributed by atoms with E-state index < -0.39 is 0 Å². The van der Waals surface area contributed by atoms with Gasteiger partial charge in [0.05, 0.1) is 6.61 Å². The van der Waals surface area contributed by atoms with Crippen LogP contribution < -0.4 is 4.90 Å². The van der Waals surface area contributed by atoms with Gasteiger partial charge in [-0.25, -0.2) is 9.37 Å². The van der Waals surface area contributed by atoms with Crippen LogP contribution >= 0.6 is 0 Å². The first-order valence-electron chi connectivity index (χ1n) is 6.88. The van der Waals surface area contributed by atoms with E-state index in [0.29, 0.717) is 0 Å². The molecule has 20 heavy (non-hydrogen) atoms. The first-order valence-corrected chi connectivity index (χ1v) is 6.88. The van der Waals surface area contributed by atoms with Crippen molar-refractivity contribution in [3.8, 4) is 0 Å². The molecule has 3 rings (SSSR count). The van der Waals surface area contributed by atoms with Crippen molar-refractivity contribution in [3.05, 3.63) is 53.0 Å². The van der Waals surface area contributed by atoms with Gasteiger partial charge in [-0.2, -0.15) is 0 Å². The van der Waals surface area contributed by atoms with Crippen molar-refractivity contribution in [3.63, 3.8) is 0 Å². The molecule has 0 radical (unpaired) electrons. The minimum absolute atomic E-state index is 0.00757. The molecule has 1 aliphatic rings. The van der Waals surface area contributed by atoms with Crippen LogP contribution in [0.15, 0.2) is 30.3 Å². The van der Waals surface area contributed by atoms with Crippen LogP contribution in [0.2, 0.25) is 0 Å². The summed E-state index contributed by atoms with van der Waals surface area (Å²) in [6.45, 7) is 2.82. The molecule has 0 aliphatic carbocycles. The number of pyridine rings is 1. The molecule has 0 spiro atoms. The Morgan fingerprint density at radius 1 is 1.30 bits per heavy atom. The standard InChI is InChI=1S/C16H17FN2O/c1-2-14-7-11(10-20)8-16(18-14)19-6-5-12-3-4-13(17)9-15(12)19/h3-4,7-9,20H,2,5-6,10H2,1H3. The van der Waals surface area contributed by atoms with Gasteiger partial charge in [0.15, 0.2) is 0 Å². The molecule has 0 fully saturated rings. The monoisotopic (exact) mass is 272 g/mol. The molecule has 0 atom stereocenters. The molecule has 0 saturated heterocycles. The predicted octanol–water partition coefficient (Wildman–Crippen LogP) is 2.97. The zero-order valence-electron chi connectivity index (χ0n) is 11.4. The number of hydrogen-bond acceptors (Lipinski definition) is 3. The van der Waals surface area contributed by atoms with Gasteiger partial charge in [0.2, 0.25) is 0 Å². The average Bonchev–Trinajstić information content (AvgIpc) is 2.89. The number of benzene rings is 1. The van der Waals surface area contributed by atoms with E-state index >= 15 is 0 Å². The third-order valence-corrected chi connectivity index (χ3v) is 3.69. The summed E-state index contributed by atoms with van der Waals surface area (Å²) in [7, 11) is 0. The second kappa shape index (κ2) is 5.21. The number of rotatable bonds is 3. The molecule has 1 aliphatic heterocycles. The maximum absolute atomic E-state index is 13.5. The van der Waals surface area contributed by atoms with Gasteiger partial charge < -0.3 is 10.0 Å². The number of aromatic nitrogens is 1. The lowest BCUT2D eigenvalue weighted by atomic mass is 10.1. The average molecular weight is 272 g/mol. The van der Waals surface area contributed by atoms with E-state index in [9.17, 15) is 9.50 Å². The smallest absolute Gasteiger partial charge is 0.133 e. The van der Waals surface area contributed by atoms with Gasteiger partial charge >= 0.3 is 0 Å². The van der Waals surface area contributed by atoms with Crippen LogP contribution in [-0.4, -0.2) is 16.6 Å². The summed E-state index contributed by atoms with van der Waals surface area (Å²) in [4.78, 5) is 6.63. The summed E-state index contributed by atoms with van der Waals surface area (Å²) < 4.78 is 13.5. The molecule has 2 aromatic rings. The maximum atomic E-state index is 13.5. The van der Waals surface area contributed by atoms with Crippen molar-refractivity contribution < 1.29 is 9.50 Å². The summed E-state index contributed by atoms with van der Waals surface area (Å²) in [5.41, 5.74) is 3.81. The highest BCUT2D eigenvalue weighted by molar-refractivity contribution is 5.68. The first kappa shape index (κ1) is 13.1. The zero-order chi connectivity index (χ0) is 14.1. The quantitative estimate of drug-likeness (QED) is 0.933. The van der Waals surface area contributed by atoms with Crippen LogP contribution in [0.5, 0.6) is 0 Å². The fraction of sp³-hybridized carbons (Fsp3) is 0.312. The van der Waals surface area contributed by atoms with Crippen LogP contribution in [0, 0.1) is 5.82 Å². The Bertz CT molecular complexity index is 620. The highest BCUT2D eigenvalue weighted by Gasteiger charge is 2.22. The maximum Gasteiger partial charge on any atom is 0.133 e. The van der Waals surface area contributed by atoms with Crippen molar-refractivity contribution in [1.82, 2.24) is 4.98 Å². The molecule has 1 aromatic carbocycles. The van der Waals surface area contributed by atoms with Gasteiger partial charge in [-0.3, -0.25) is 0 Å². The number of aliphatic hydroxyl groups is 1. The SMILES string of the molecule is CCc1cc(CO)cc(N2CCc3ccc(F)cc32)n1. The number of hydrogen-bond donors (Lipinski definition) is 1. The molecular weight excluding hydrogens is 255 g/mol. The Kier molecular flexibility index (Phi) is 3.40. The molecule has 1 N–H and O–H groups in total. The lowest BCUT2D eigenvalue weighted by Gasteiger charge is -2.20. The van der Waals surface area contributed by atoms with E-state index in [0.717, 1.165) is 47.7 Å². The molecule has 3 nitrogen and oxygen atoms in total. The van der Waals surface area contributed by atoms with Crippen LogP contribution in [0.4, 0.5) is 15.9 Å². The molecule has 0 amide bonds. The lowest BCUT2D eigenvalue weighted by molar-refractivity contribution is 0.281. The second-order valence-corrected chi connectivity index (χ2v) is 5.01. The van der Waals surface area contributed by atoms with E-state index in [-0.39, 0.29) is 12.4 Å². The normalized spacial score (nSPS) is 13.7. The Labute approximate surface area is 117 Å². The minimum Gasteiger partial charge on any atom is -0.392 e. The molecule has 2 heterocycles. The zero-order valence-corrected chi connectivity index (χ0v) is 11.4. The Morgan fingerprint density at radius 3 is 2.90 bits per heavy atom. The van der Waals surface area contributed by atoms with Gasteiger partial charge in [0.25, 0.3) is 0 Å². The van der Waals surface area contributed by atoms with E-state index in [2.05, 4.69) is 4.98 Å². The Balaban J connectivity index is 2.05. The second-order valence-electron chi connectivity index (χ2n) is 5.01. The van der Waals surface area contributed by atoms with E-state index in [1.165, 1.54) is 6.07 Å². The van der Waals surface area contributed by atoms with Gasteiger partial charge in [0, 0.05) is 17.9 Å². The van der Waals surface area contributed by atoms with Gasteiger partial charge in [-0.15, -0.1) is 0 Å². The van der Waals surface area contributed by atoms with Crippen molar-refractivity contribution in [2.75, 3.05) is 11.4 Å². The largest absolute Gasteiger partial charge is 0.392 e. The molecule has 0 saturated carbocycles. The van der Waals surface area contributed by atoms with E-state index in [1.807, 2.05) is 30.0 Å². The van der Waals surface area contributed by atoms with Crippen molar-refractivity contribution in [2.24, 2.45) is 0 Å². The summed E-state index contributed by atoms with van der Waals surface area (Å²) in [5, 5.41) is 9.36. The highest BCUT2D eigenvalue weighted by atomic mass is 19.1. The summed E-state index contributed by atoms with van der Waals surface area (Å²) in [6.07, 6.45) is 1.70. The van der Waals surface area contributed by atoms with Gasteiger partial charge in [-0.1, -0.05) is 13.0 Å². The summed E-state index contributed by atoms with van der Waals surface area (Å²) >= 11 is 0. The number of aliphatic hydroxyl groups excluding tert-OH is 1. The number of halogens is 1. The number of nitrogens with zero attached hydrogens (tertiary/aromatic N) is 2. The number of fused-ring (bicyclic) bond motifs is 1. The first-order chi connectivity index (χ1) is 9.71. The van der Waals surface area contributed by atoms with Gasteiger partial charge in [-0.05, 0) is 48.2 Å². The minimum atomic E-state index is -0.232. The summed E-state index contributed by atoms with van der Waals surface area (Å²) in [6, 6.07) is 8.67. The van der Waals surface area contributed by atoms with E-state index in [1.54, 1.807) is 6.07 Å². The van der Waals surface area contributed by atoms with Gasteiger partial charge in [0.1, 0.15) is 11.6 Å². The van der Waals surface area contributed by atoms with Crippen LogP contribution in [0.25, 0.3) is 0 Å². The third-order valence-electron chi connectivity index (χ3n) is 3.69. The third kappa shape index (κ3) is 2.27. The number of anilines is 2. The topological polar surface area (TPSA) is 36.4 Å². The molecular formula is C16H17FN2O. The van der Waals surface area contributed by atoms with Crippen LogP contribution in [0.1, 0.15) is 23.7 Å². The Morgan fingerprint density at radius 2 is 2.15 bits per heavy atom. The number of aryl methyl sites for hydroxylation is 1. The molecule has 0 unspecified atom stereocenters. The fourth-order valence-electron chi connectivity index (χ4n) is 2.63. The van der Waals surface area contributed by atoms with Crippen molar-refractivity contribution in [1.29, 1.82) is 0 Å². The van der Waals surface area contributed by atoms with E-state index in [4.69, 9.17) is 0 Å². The Hall–Kier alpha value is -1.94. The highest BCUT2D eigenvalue weighted by Crippen LogP contribution is 2.34. The van der Waals surface area contributed by atoms with Crippen LogP contribution in [0.3, 0.4) is 0 Å². The van der Waals surface area contributed by atoms with Crippen molar-refractivity contribution >= 4 is 11.5 Å². The fourth-order valence-corrected chi connectivity index (χ4v) is 2.63.